The highest BCUT2D eigenvalue weighted by atomic mass is 35.5. The molecule has 1 aliphatic rings. The first-order chi connectivity index (χ1) is 18.5. The standard InChI is InChI=1S/C31H34ClFN2O2S/c32-26-11-7-10-25(18-26)21-38-22-30(36)35(20-24-14-16-27(33)17-15-24)29(19-23-8-3-1-4-9-23)31(37)34-28-12-5-2-6-13-28/h1,3-4,7-11,14-18,28-29H,2,5-6,12-13,19-22H2,(H,34,37)/t29-/m0/s1. The largest absolute Gasteiger partial charge is 0.352 e. The maximum atomic E-state index is 13.8. The summed E-state index contributed by atoms with van der Waals surface area (Å²) >= 11 is 7.61. The van der Waals surface area contributed by atoms with Crippen molar-refractivity contribution in [2.45, 2.75) is 62.9 Å². The summed E-state index contributed by atoms with van der Waals surface area (Å²) in [6, 6.07) is 23.0. The number of halogens is 2. The Kier molecular flexibility index (Phi) is 10.6. The molecule has 2 amide bonds. The van der Waals surface area contributed by atoms with Gasteiger partial charge in [-0.15, -0.1) is 11.8 Å². The zero-order valence-corrected chi connectivity index (χ0v) is 23.0. The summed E-state index contributed by atoms with van der Waals surface area (Å²) < 4.78 is 13.6. The lowest BCUT2D eigenvalue weighted by molar-refractivity contribution is -0.139. The first-order valence-electron chi connectivity index (χ1n) is 13.2. The highest BCUT2D eigenvalue weighted by Gasteiger charge is 2.31. The Bertz CT molecular complexity index is 1190. The molecule has 200 valence electrons. The lowest BCUT2D eigenvalue weighted by Crippen LogP contribution is -2.53. The van der Waals surface area contributed by atoms with Gasteiger partial charge in [0.1, 0.15) is 11.9 Å². The fourth-order valence-electron chi connectivity index (χ4n) is 4.85. The third-order valence-electron chi connectivity index (χ3n) is 6.87. The van der Waals surface area contributed by atoms with Gasteiger partial charge in [-0.3, -0.25) is 9.59 Å². The van der Waals surface area contributed by atoms with Gasteiger partial charge >= 0.3 is 0 Å². The monoisotopic (exact) mass is 552 g/mol. The summed E-state index contributed by atoms with van der Waals surface area (Å²) in [4.78, 5) is 29.1. The van der Waals surface area contributed by atoms with E-state index in [1.807, 2.05) is 54.6 Å². The van der Waals surface area contributed by atoms with Crippen LogP contribution in [0.15, 0.2) is 78.9 Å². The Morgan fingerprint density at radius 3 is 2.34 bits per heavy atom. The van der Waals surface area contributed by atoms with E-state index in [1.54, 1.807) is 17.0 Å². The van der Waals surface area contributed by atoms with Crippen LogP contribution in [-0.4, -0.2) is 34.6 Å². The molecule has 3 aromatic rings. The van der Waals surface area contributed by atoms with Crippen molar-refractivity contribution < 1.29 is 14.0 Å². The van der Waals surface area contributed by atoms with E-state index in [0.717, 1.165) is 42.4 Å². The van der Waals surface area contributed by atoms with Crippen molar-refractivity contribution in [2.75, 3.05) is 5.75 Å². The lowest BCUT2D eigenvalue weighted by atomic mass is 9.94. The van der Waals surface area contributed by atoms with Crippen molar-refractivity contribution in [3.8, 4) is 0 Å². The number of amides is 2. The van der Waals surface area contributed by atoms with E-state index in [4.69, 9.17) is 11.6 Å². The molecule has 4 nitrogen and oxygen atoms in total. The number of thioether (sulfide) groups is 1. The van der Waals surface area contributed by atoms with Crippen LogP contribution in [0.5, 0.6) is 0 Å². The first-order valence-corrected chi connectivity index (χ1v) is 14.7. The molecule has 1 atom stereocenters. The van der Waals surface area contributed by atoms with Crippen LogP contribution < -0.4 is 5.32 Å². The minimum atomic E-state index is -0.677. The van der Waals surface area contributed by atoms with Crippen molar-refractivity contribution >= 4 is 35.2 Å². The van der Waals surface area contributed by atoms with Gasteiger partial charge in [-0.25, -0.2) is 4.39 Å². The number of hydrogen-bond donors (Lipinski definition) is 1. The Balaban J connectivity index is 1.56. The Morgan fingerprint density at radius 2 is 1.63 bits per heavy atom. The smallest absolute Gasteiger partial charge is 0.243 e. The van der Waals surface area contributed by atoms with Gasteiger partial charge in [0.2, 0.25) is 11.8 Å². The predicted molar refractivity (Wildman–Crippen MR) is 154 cm³/mol. The third kappa shape index (κ3) is 8.60. The molecule has 1 aliphatic carbocycles. The second kappa shape index (κ2) is 14.4. The molecule has 7 heteroatoms. The van der Waals surface area contributed by atoms with Crippen LogP contribution in [0, 0.1) is 5.82 Å². The van der Waals surface area contributed by atoms with Crippen LogP contribution in [-0.2, 0) is 28.3 Å². The molecule has 0 saturated heterocycles. The van der Waals surface area contributed by atoms with Gasteiger partial charge in [0.25, 0.3) is 0 Å². The molecule has 0 aromatic heterocycles. The zero-order valence-electron chi connectivity index (χ0n) is 21.5. The Hall–Kier alpha value is -2.83. The van der Waals surface area contributed by atoms with E-state index in [-0.39, 0.29) is 36.0 Å². The molecule has 1 fully saturated rings. The van der Waals surface area contributed by atoms with Gasteiger partial charge in [-0.2, -0.15) is 0 Å². The molecule has 4 rings (SSSR count). The molecule has 38 heavy (non-hydrogen) atoms. The van der Waals surface area contributed by atoms with Crippen molar-refractivity contribution in [1.29, 1.82) is 0 Å². The maximum absolute atomic E-state index is 13.8. The zero-order chi connectivity index (χ0) is 26.7. The van der Waals surface area contributed by atoms with Crippen molar-refractivity contribution in [3.05, 3.63) is 106 Å². The number of nitrogens with zero attached hydrogens (tertiary/aromatic N) is 1. The maximum Gasteiger partial charge on any atom is 0.243 e. The van der Waals surface area contributed by atoms with Crippen LogP contribution in [0.3, 0.4) is 0 Å². The summed E-state index contributed by atoms with van der Waals surface area (Å²) in [5.41, 5.74) is 2.80. The van der Waals surface area contributed by atoms with E-state index in [0.29, 0.717) is 17.2 Å². The molecule has 3 aromatic carbocycles. The number of benzene rings is 3. The first kappa shape index (κ1) is 28.2. The average molecular weight is 553 g/mol. The molecular formula is C31H34ClFN2O2S. The molecule has 0 radical (unpaired) electrons. The molecule has 0 spiro atoms. The molecule has 0 bridgehead atoms. The molecule has 1 saturated carbocycles. The number of carbonyl (C=O) groups excluding carboxylic acids is 2. The van der Waals surface area contributed by atoms with Crippen molar-refractivity contribution in [3.63, 3.8) is 0 Å². The topological polar surface area (TPSA) is 49.4 Å². The fourth-order valence-corrected chi connectivity index (χ4v) is 5.92. The number of rotatable bonds is 11. The SMILES string of the molecule is O=C(NC1CCCCC1)[C@H](Cc1ccccc1)N(Cc1ccc(F)cc1)C(=O)CSCc1cccc(Cl)c1. The second-order valence-electron chi connectivity index (χ2n) is 9.82. The van der Waals surface area contributed by atoms with Crippen LogP contribution in [0.2, 0.25) is 5.02 Å². The quantitative estimate of drug-likeness (QED) is 0.284. The summed E-state index contributed by atoms with van der Waals surface area (Å²) in [6.45, 7) is 0.229. The van der Waals surface area contributed by atoms with Gasteiger partial charge in [0.05, 0.1) is 5.75 Å². The highest BCUT2D eigenvalue weighted by Crippen LogP contribution is 2.22. The van der Waals surface area contributed by atoms with Crippen molar-refractivity contribution in [1.82, 2.24) is 10.2 Å². The third-order valence-corrected chi connectivity index (χ3v) is 8.10. The van der Waals surface area contributed by atoms with Crippen LogP contribution in [0.25, 0.3) is 0 Å². The summed E-state index contributed by atoms with van der Waals surface area (Å²) in [5.74, 6) is 0.265. The number of nitrogens with one attached hydrogen (secondary N) is 1. The summed E-state index contributed by atoms with van der Waals surface area (Å²) in [5, 5.41) is 3.91. The minimum Gasteiger partial charge on any atom is -0.352 e. The fraction of sp³-hybridized carbons (Fsp3) is 0.355. The van der Waals surface area contributed by atoms with Crippen LogP contribution >= 0.6 is 23.4 Å². The van der Waals surface area contributed by atoms with E-state index < -0.39 is 6.04 Å². The second-order valence-corrected chi connectivity index (χ2v) is 11.2. The number of carbonyl (C=O) groups is 2. The van der Waals surface area contributed by atoms with E-state index >= 15 is 0 Å². The minimum absolute atomic E-state index is 0.124. The molecular weight excluding hydrogens is 519 g/mol. The Morgan fingerprint density at radius 1 is 0.921 bits per heavy atom. The van der Waals surface area contributed by atoms with Crippen molar-refractivity contribution in [2.24, 2.45) is 0 Å². The lowest BCUT2D eigenvalue weighted by Gasteiger charge is -2.33. The van der Waals surface area contributed by atoms with Gasteiger partial charge in [-0.05, 0) is 53.8 Å². The number of hydrogen-bond acceptors (Lipinski definition) is 3. The molecule has 0 unspecified atom stereocenters. The summed E-state index contributed by atoms with van der Waals surface area (Å²) in [7, 11) is 0. The van der Waals surface area contributed by atoms with Crippen LogP contribution in [0.1, 0.15) is 48.8 Å². The van der Waals surface area contributed by atoms with E-state index in [1.165, 1.54) is 30.3 Å². The Labute approximate surface area is 234 Å². The van der Waals surface area contributed by atoms with Crippen LogP contribution in [0.4, 0.5) is 4.39 Å². The molecule has 0 aliphatic heterocycles. The molecule has 0 heterocycles. The van der Waals surface area contributed by atoms with Gasteiger partial charge in [0, 0.05) is 29.8 Å². The van der Waals surface area contributed by atoms with Gasteiger partial charge < -0.3 is 10.2 Å². The van der Waals surface area contributed by atoms with E-state index in [2.05, 4.69) is 5.32 Å². The van der Waals surface area contributed by atoms with Gasteiger partial charge in [0.15, 0.2) is 0 Å². The van der Waals surface area contributed by atoms with E-state index in [9.17, 15) is 14.0 Å². The predicted octanol–water partition coefficient (Wildman–Crippen LogP) is 6.80. The highest BCUT2D eigenvalue weighted by molar-refractivity contribution is 7.99. The average Bonchev–Trinajstić information content (AvgIpc) is 2.93. The normalized spacial score (nSPS) is 14.6. The molecule has 1 N–H and O–H groups in total. The van der Waals surface area contributed by atoms with Gasteiger partial charge in [-0.1, -0.05) is 85.5 Å². The summed E-state index contributed by atoms with van der Waals surface area (Å²) in [6.07, 6.45) is 5.74.